The third-order valence-electron chi connectivity index (χ3n) is 2.99. The molecule has 1 aromatic rings. The van der Waals surface area contributed by atoms with E-state index in [4.69, 9.17) is 5.11 Å². The molecule has 0 aromatic heterocycles. The number of hydrogen-bond donors (Lipinski definition) is 1. The first-order valence-corrected chi connectivity index (χ1v) is 5.96. The van der Waals surface area contributed by atoms with Crippen LogP contribution in [0, 0.1) is 11.6 Å². The molecule has 0 unspecified atom stereocenters. The fourth-order valence-electron chi connectivity index (χ4n) is 1.93. The van der Waals surface area contributed by atoms with Crippen LogP contribution in [0.4, 0.5) is 8.78 Å². The predicted molar refractivity (Wildman–Crippen MR) is 61.9 cm³/mol. The second kappa shape index (κ2) is 5.44. The standard InChI is InChI=1S/C13H15F2NO2/c14-11-4-1-9(7-12(11)15)8-13(18)16(5-6-17)10-2-3-10/h1,4,7,10,17H,2-3,5-6,8H2. The van der Waals surface area contributed by atoms with Gasteiger partial charge in [0.25, 0.3) is 0 Å². The average molecular weight is 255 g/mol. The molecule has 3 nitrogen and oxygen atoms in total. The molecule has 1 amide bonds. The largest absolute Gasteiger partial charge is 0.395 e. The van der Waals surface area contributed by atoms with Crippen molar-refractivity contribution in [3.63, 3.8) is 0 Å². The molecule has 1 aromatic carbocycles. The second-order valence-electron chi connectivity index (χ2n) is 4.47. The SMILES string of the molecule is O=C(Cc1ccc(F)c(F)c1)N(CCO)C1CC1. The molecule has 1 fully saturated rings. The molecule has 5 heteroatoms. The van der Waals surface area contributed by atoms with Gasteiger partial charge in [0.1, 0.15) is 0 Å². The van der Waals surface area contributed by atoms with Crippen LogP contribution in [0.15, 0.2) is 18.2 Å². The number of amides is 1. The smallest absolute Gasteiger partial charge is 0.227 e. The van der Waals surface area contributed by atoms with Crippen LogP contribution in [0.25, 0.3) is 0 Å². The summed E-state index contributed by atoms with van der Waals surface area (Å²) in [5.74, 6) is -2.02. The molecule has 1 N–H and O–H groups in total. The van der Waals surface area contributed by atoms with Gasteiger partial charge in [-0.05, 0) is 30.5 Å². The van der Waals surface area contributed by atoms with E-state index in [1.54, 1.807) is 4.90 Å². The molecule has 2 rings (SSSR count). The van der Waals surface area contributed by atoms with Gasteiger partial charge in [-0.15, -0.1) is 0 Å². The van der Waals surface area contributed by atoms with E-state index in [1.807, 2.05) is 0 Å². The fourth-order valence-corrected chi connectivity index (χ4v) is 1.93. The van der Waals surface area contributed by atoms with Crippen molar-refractivity contribution in [1.29, 1.82) is 0 Å². The first-order chi connectivity index (χ1) is 8.61. The molecule has 0 atom stereocenters. The van der Waals surface area contributed by atoms with Crippen molar-refractivity contribution in [3.8, 4) is 0 Å². The number of halogens is 2. The Labute approximate surface area is 104 Å². The highest BCUT2D eigenvalue weighted by Crippen LogP contribution is 2.27. The normalized spacial score (nSPS) is 14.6. The Morgan fingerprint density at radius 2 is 2.06 bits per heavy atom. The highest BCUT2D eigenvalue weighted by atomic mass is 19.2. The number of benzene rings is 1. The lowest BCUT2D eigenvalue weighted by Gasteiger charge is -2.21. The topological polar surface area (TPSA) is 40.5 Å². The van der Waals surface area contributed by atoms with Crippen LogP contribution in [0.3, 0.4) is 0 Å². The summed E-state index contributed by atoms with van der Waals surface area (Å²) >= 11 is 0. The third-order valence-corrected chi connectivity index (χ3v) is 2.99. The predicted octanol–water partition coefficient (Wildman–Crippen LogP) is 1.49. The van der Waals surface area contributed by atoms with E-state index in [9.17, 15) is 13.6 Å². The summed E-state index contributed by atoms with van der Waals surface area (Å²) in [6, 6.07) is 3.67. The molecule has 0 radical (unpaired) electrons. The molecule has 1 aliphatic carbocycles. The lowest BCUT2D eigenvalue weighted by atomic mass is 10.1. The Bertz CT molecular complexity index is 447. The molecule has 0 aliphatic heterocycles. The molecule has 0 spiro atoms. The van der Waals surface area contributed by atoms with E-state index in [1.165, 1.54) is 6.07 Å². The van der Waals surface area contributed by atoms with Crippen molar-refractivity contribution >= 4 is 5.91 Å². The number of nitrogens with zero attached hydrogens (tertiary/aromatic N) is 1. The summed E-state index contributed by atoms with van der Waals surface area (Å²) < 4.78 is 25.8. The summed E-state index contributed by atoms with van der Waals surface area (Å²) in [5, 5.41) is 8.91. The number of rotatable bonds is 5. The van der Waals surface area contributed by atoms with E-state index < -0.39 is 11.6 Å². The summed E-state index contributed by atoms with van der Waals surface area (Å²) in [7, 11) is 0. The van der Waals surface area contributed by atoms with Gasteiger partial charge in [0.05, 0.1) is 13.0 Å². The van der Waals surface area contributed by atoms with Gasteiger partial charge < -0.3 is 10.0 Å². The highest BCUT2D eigenvalue weighted by molar-refractivity contribution is 5.79. The van der Waals surface area contributed by atoms with Crippen LogP contribution >= 0.6 is 0 Å². The zero-order valence-electron chi connectivity index (χ0n) is 9.90. The van der Waals surface area contributed by atoms with Gasteiger partial charge in [-0.2, -0.15) is 0 Å². The first kappa shape index (κ1) is 13.0. The van der Waals surface area contributed by atoms with Crippen molar-refractivity contribution < 1.29 is 18.7 Å². The van der Waals surface area contributed by atoms with Crippen LogP contribution in [0.2, 0.25) is 0 Å². The zero-order chi connectivity index (χ0) is 13.1. The van der Waals surface area contributed by atoms with Gasteiger partial charge >= 0.3 is 0 Å². The number of hydrogen-bond acceptors (Lipinski definition) is 2. The summed E-state index contributed by atoms with van der Waals surface area (Å²) in [5.41, 5.74) is 0.447. The zero-order valence-corrected chi connectivity index (χ0v) is 9.90. The Balaban J connectivity index is 2.02. The minimum atomic E-state index is -0.944. The molecule has 98 valence electrons. The molecule has 18 heavy (non-hydrogen) atoms. The number of aliphatic hydroxyl groups is 1. The first-order valence-electron chi connectivity index (χ1n) is 5.96. The van der Waals surface area contributed by atoms with E-state index in [2.05, 4.69) is 0 Å². The van der Waals surface area contributed by atoms with E-state index in [0.717, 1.165) is 25.0 Å². The van der Waals surface area contributed by atoms with Crippen molar-refractivity contribution in [2.45, 2.75) is 25.3 Å². The molecule has 0 bridgehead atoms. The quantitative estimate of drug-likeness (QED) is 0.866. The molecular formula is C13H15F2NO2. The van der Waals surface area contributed by atoms with Crippen LogP contribution in [-0.2, 0) is 11.2 Å². The van der Waals surface area contributed by atoms with Gasteiger partial charge in [0.15, 0.2) is 11.6 Å². The maximum Gasteiger partial charge on any atom is 0.227 e. The molecular weight excluding hydrogens is 240 g/mol. The Kier molecular flexibility index (Phi) is 3.91. The highest BCUT2D eigenvalue weighted by Gasteiger charge is 2.31. The summed E-state index contributed by atoms with van der Waals surface area (Å²) in [6.45, 7) is 0.215. The Morgan fingerprint density at radius 3 is 2.61 bits per heavy atom. The maximum absolute atomic E-state index is 13.0. The number of aliphatic hydroxyl groups excluding tert-OH is 1. The number of carbonyl (C=O) groups is 1. The van der Waals surface area contributed by atoms with Gasteiger partial charge in [0.2, 0.25) is 5.91 Å². The van der Waals surface area contributed by atoms with E-state index in [-0.39, 0.29) is 25.0 Å². The number of carbonyl (C=O) groups excluding carboxylic acids is 1. The Morgan fingerprint density at radius 1 is 1.33 bits per heavy atom. The molecule has 1 aliphatic rings. The minimum Gasteiger partial charge on any atom is -0.395 e. The van der Waals surface area contributed by atoms with E-state index >= 15 is 0 Å². The van der Waals surface area contributed by atoms with E-state index in [0.29, 0.717) is 12.1 Å². The van der Waals surface area contributed by atoms with Crippen molar-refractivity contribution in [2.75, 3.05) is 13.2 Å². The van der Waals surface area contributed by atoms with Crippen molar-refractivity contribution in [3.05, 3.63) is 35.4 Å². The molecule has 1 saturated carbocycles. The summed E-state index contributed by atoms with van der Waals surface area (Å²) in [6.07, 6.45) is 1.93. The van der Waals surface area contributed by atoms with Gasteiger partial charge in [-0.1, -0.05) is 6.07 Å². The molecule has 0 heterocycles. The van der Waals surface area contributed by atoms with Crippen molar-refractivity contribution in [2.24, 2.45) is 0 Å². The second-order valence-corrected chi connectivity index (χ2v) is 4.47. The van der Waals surface area contributed by atoms with Gasteiger partial charge in [-0.3, -0.25) is 4.79 Å². The minimum absolute atomic E-state index is 0.0354. The van der Waals surface area contributed by atoms with Crippen molar-refractivity contribution in [1.82, 2.24) is 4.90 Å². The monoisotopic (exact) mass is 255 g/mol. The average Bonchev–Trinajstić information content (AvgIpc) is 3.15. The van der Waals surface area contributed by atoms with Crippen LogP contribution in [0.1, 0.15) is 18.4 Å². The fraction of sp³-hybridized carbons (Fsp3) is 0.462. The van der Waals surface area contributed by atoms with Crippen LogP contribution in [-0.4, -0.2) is 35.1 Å². The summed E-state index contributed by atoms with van der Waals surface area (Å²) in [4.78, 5) is 13.6. The maximum atomic E-state index is 13.0. The molecule has 0 saturated heterocycles. The lowest BCUT2D eigenvalue weighted by molar-refractivity contribution is -0.131. The Hall–Kier alpha value is -1.49. The van der Waals surface area contributed by atoms with Gasteiger partial charge in [0, 0.05) is 12.6 Å². The van der Waals surface area contributed by atoms with Gasteiger partial charge in [-0.25, -0.2) is 8.78 Å². The third kappa shape index (κ3) is 3.04. The van der Waals surface area contributed by atoms with Crippen LogP contribution < -0.4 is 0 Å². The van der Waals surface area contributed by atoms with Crippen LogP contribution in [0.5, 0.6) is 0 Å². The lowest BCUT2D eigenvalue weighted by Crippen LogP contribution is -2.36.